The van der Waals surface area contributed by atoms with Gasteiger partial charge in [0, 0.05) is 6.04 Å². The third-order valence-corrected chi connectivity index (χ3v) is 4.56. The van der Waals surface area contributed by atoms with Crippen LogP contribution in [-0.4, -0.2) is 31.1 Å². The minimum Gasteiger partial charge on any atom is -0.310 e. The number of aryl methyl sites for hydroxylation is 1. The topological polar surface area (TPSA) is 15.3 Å². The maximum atomic E-state index is 3.79. The Balaban J connectivity index is 1.83. The van der Waals surface area contributed by atoms with Gasteiger partial charge in [-0.2, -0.15) is 0 Å². The van der Waals surface area contributed by atoms with Gasteiger partial charge < -0.3 is 10.2 Å². The number of fused-ring (bicyclic) bond motifs is 1. The Labute approximate surface area is 124 Å². The van der Waals surface area contributed by atoms with Gasteiger partial charge in [-0.25, -0.2) is 0 Å². The summed E-state index contributed by atoms with van der Waals surface area (Å²) >= 11 is 0. The van der Waals surface area contributed by atoms with Crippen molar-refractivity contribution in [2.45, 2.75) is 52.0 Å². The largest absolute Gasteiger partial charge is 0.310 e. The van der Waals surface area contributed by atoms with Gasteiger partial charge in [0.1, 0.15) is 0 Å². The van der Waals surface area contributed by atoms with Crippen molar-refractivity contribution in [3.63, 3.8) is 0 Å². The van der Waals surface area contributed by atoms with E-state index in [1.54, 1.807) is 11.1 Å². The molecule has 2 heteroatoms. The quantitative estimate of drug-likeness (QED) is 0.601. The predicted molar refractivity (Wildman–Crippen MR) is 87.1 cm³/mol. The van der Waals surface area contributed by atoms with Crippen molar-refractivity contribution in [2.75, 3.05) is 26.2 Å². The molecule has 1 aromatic carbocycles. The molecule has 1 aromatic rings. The van der Waals surface area contributed by atoms with E-state index in [1.807, 2.05) is 0 Å². The van der Waals surface area contributed by atoms with E-state index in [9.17, 15) is 0 Å². The minimum absolute atomic E-state index is 0.574. The first-order chi connectivity index (χ1) is 9.85. The third kappa shape index (κ3) is 4.32. The molecule has 0 spiro atoms. The SMILES string of the molecule is CCN(CC)CCCNC1CCCCc2ccccc21. The Morgan fingerprint density at radius 2 is 1.95 bits per heavy atom. The first kappa shape index (κ1) is 15.5. The summed E-state index contributed by atoms with van der Waals surface area (Å²) in [5.41, 5.74) is 3.11. The lowest BCUT2D eigenvalue weighted by Gasteiger charge is -2.21. The summed E-state index contributed by atoms with van der Waals surface area (Å²) in [7, 11) is 0. The highest BCUT2D eigenvalue weighted by atomic mass is 15.1. The monoisotopic (exact) mass is 274 g/mol. The molecule has 0 aromatic heterocycles. The van der Waals surface area contributed by atoms with Crippen LogP contribution < -0.4 is 5.32 Å². The molecule has 1 aliphatic rings. The zero-order chi connectivity index (χ0) is 14.2. The molecule has 1 N–H and O–H groups in total. The second kappa shape index (κ2) is 8.43. The molecule has 0 radical (unpaired) electrons. The summed E-state index contributed by atoms with van der Waals surface area (Å²) in [6.07, 6.45) is 6.49. The van der Waals surface area contributed by atoms with E-state index >= 15 is 0 Å². The Hall–Kier alpha value is -0.860. The lowest BCUT2D eigenvalue weighted by Crippen LogP contribution is -2.29. The maximum Gasteiger partial charge on any atom is 0.0322 e. The normalized spacial score (nSPS) is 18.9. The summed E-state index contributed by atoms with van der Waals surface area (Å²) in [5.74, 6) is 0. The van der Waals surface area contributed by atoms with E-state index in [0.717, 1.165) is 6.54 Å². The highest BCUT2D eigenvalue weighted by Gasteiger charge is 2.17. The van der Waals surface area contributed by atoms with Gasteiger partial charge in [0.25, 0.3) is 0 Å². The summed E-state index contributed by atoms with van der Waals surface area (Å²) < 4.78 is 0. The molecule has 1 aliphatic carbocycles. The summed E-state index contributed by atoms with van der Waals surface area (Å²) in [4.78, 5) is 2.50. The lowest BCUT2D eigenvalue weighted by molar-refractivity contribution is 0.295. The number of rotatable bonds is 7. The molecule has 0 heterocycles. The molecule has 112 valence electrons. The van der Waals surface area contributed by atoms with Crippen molar-refractivity contribution in [3.05, 3.63) is 35.4 Å². The fourth-order valence-corrected chi connectivity index (χ4v) is 3.25. The Morgan fingerprint density at radius 1 is 1.15 bits per heavy atom. The fourth-order valence-electron chi connectivity index (χ4n) is 3.25. The molecular weight excluding hydrogens is 244 g/mol. The van der Waals surface area contributed by atoms with Crippen LogP contribution in [0.1, 0.15) is 56.7 Å². The maximum absolute atomic E-state index is 3.79. The standard InChI is InChI=1S/C18H30N2/c1-3-20(4-2)15-9-14-19-18-13-8-6-11-16-10-5-7-12-17(16)18/h5,7,10,12,18-19H,3-4,6,8-9,11,13-15H2,1-2H3. The fraction of sp³-hybridized carbons (Fsp3) is 0.667. The van der Waals surface area contributed by atoms with Crippen LogP contribution in [0.25, 0.3) is 0 Å². The van der Waals surface area contributed by atoms with Gasteiger partial charge in [-0.1, -0.05) is 44.5 Å². The van der Waals surface area contributed by atoms with Gasteiger partial charge in [-0.3, -0.25) is 0 Å². The highest BCUT2D eigenvalue weighted by molar-refractivity contribution is 5.31. The number of hydrogen-bond acceptors (Lipinski definition) is 2. The molecule has 20 heavy (non-hydrogen) atoms. The number of hydrogen-bond donors (Lipinski definition) is 1. The van der Waals surface area contributed by atoms with E-state index in [2.05, 4.69) is 48.3 Å². The summed E-state index contributed by atoms with van der Waals surface area (Å²) in [5, 5.41) is 3.79. The van der Waals surface area contributed by atoms with E-state index in [4.69, 9.17) is 0 Å². The van der Waals surface area contributed by atoms with Crippen molar-refractivity contribution in [1.82, 2.24) is 10.2 Å². The Morgan fingerprint density at radius 3 is 2.75 bits per heavy atom. The Bertz CT molecular complexity index is 385. The first-order valence-electron chi connectivity index (χ1n) is 8.38. The average molecular weight is 274 g/mol. The molecule has 2 rings (SSSR count). The number of benzene rings is 1. The van der Waals surface area contributed by atoms with Crippen molar-refractivity contribution >= 4 is 0 Å². The first-order valence-corrected chi connectivity index (χ1v) is 8.38. The van der Waals surface area contributed by atoms with E-state index in [0.29, 0.717) is 6.04 Å². The molecule has 0 saturated carbocycles. The van der Waals surface area contributed by atoms with Crippen LogP contribution in [0, 0.1) is 0 Å². The van der Waals surface area contributed by atoms with Crippen molar-refractivity contribution < 1.29 is 0 Å². The molecule has 0 fully saturated rings. The van der Waals surface area contributed by atoms with Crippen LogP contribution in [0.15, 0.2) is 24.3 Å². The molecule has 0 amide bonds. The van der Waals surface area contributed by atoms with E-state index in [-0.39, 0.29) is 0 Å². The van der Waals surface area contributed by atoms with E-state index < -0.39 is 0 Å². The number of nitrogens with zero attached hydrogens (tertiary/aromatic N) is 1. The molecular formula is C18H30N2. The Kier molecular flexibility index (Phi) is 6.55. The van der Waals surface area contributed by atoms with Crippen LogP contribution in [-0.2, 0) is 6.42 Å². The minimum atomic E-state index is 0.574. The van der Waals surface area contributed by atoms with Gasteiger partial charge in [0.05, 0.1) is 0 Å². The number of nitrogens with one attached hydrogen (secondary N) is 1. The van der Waals surface area contributed by atoms with Crippen LogP contribution in [0.2, 0.25) is 0 Å². The highest BCUT2D eigenvalue weighted by Crippen LogP contribution is 2.28. The smallest absolute Gasteiger partial charge is 0.0322 e. The molecule has 1 unspecified atom stereocenters. The zero-order valence-corrected chi connectivity index (χ0v) is 13.2. The van der Waals surface area contributed by atoms with E-state index in [1.165, 1.54) is 51.7 Å². The van der Waals surface area contributed by atoms with Gasteiger partial charge in [-0.05, 0) is 63.0 Å². The van der Waals surface area contributed by atoms with Crippen LogP contribution in [0.5, 0.6) is 0 Å². The average Bonchev–Trinajstić information content (AvgIpc) is 2.70. The zero-order valence-electron chi connectivity index (χ0n) is 13.2. The molecule has 1 atom stereocenters. The van der Waals surface area contributed by atoms with Gasteiger partial charge in [0.15, 0.2) is 0 Å². The molecule has 0 aliphatic heterocycles. The molecule has 2 nitrogen and oxygen atoms in total. The second-order valence-electron chi connectivity index (χ2n) is 5.83. The van der Waals surface area contributed by atoms with Crippen molar-refractivity contribution in [3.8, 4) is 0 Å². The molecule has 0 bridgehead atoms. The van der Waals surface area contributed by atoms with Gasteiger partial charge in [0.2, 0.25) is 0 Å². The van der Waals surface area contributed by atoms with Crippen molar-refractivity contribution in [1.29, 1.82) is 0 Å². The lowest BCUT2D eigenvalue weighted by atomic mass is 9.99. The summed E-state index contributed by atoms with van der Waals surface area (Å²) in [6.45, 7) is 9.19. The van der Waals surface area contributed by atoms with Gasteiger partial charge >= 0.3 is 0 Å². The molecule has 0 saturated heterocycles. The van der Waals surface area contributed by atoms with Gasteiger partial charge in [-0.15, -0.1) is 0 Å². The van der Waals surface area contributed by atoms with Crippen LogP contribution in [0.3, 0.4) is 0 Å². The van der Waals surface area contributed by atoms with Crippen LogP contribution in [0.4, 0.5) is 0 Å². The second-order valence-corrected chi connectivity index (χ2v) is 5.83. The summed E-state index contributed by atoms with van der Waals surface area (Å²) in [6, 6.07) is 9.58. The van der Waals surface area contributed by atoms with Crippen molar-refractivity contribution in [2.24, 2.45) is 0 Å². The van der Waals surface area contributed by atoms with Crippen LogP contribution >= 0.6 is 0 Å². The third-order valence-electron chi connectivity index (χ3n) is 4.56. The predicted octanol–water partition coefficient (Wildman–Crippen LogP) is 3.78.